The summed E-state index contributed by atoms with van der Waals surface area (Å²) in [6.07, 6.45) is 0. The Morgan fingerprint density at radius 3 is 2.38 bits per heavy atom. The Hall–Kier alpha value is -1.06. The van der Waals surface area contributed by atoms with E-state index < -0.39 is 0 Å². The van der Waals surface area contributed by atoms with E-state index >= 15 is 0 Å². The van der Waals surface area contributed by atoms with Gasteiger partial charge in [0.2, 0.25) is 0 Å². The molecule has 3 heteroatoms. The number of rotatable bonds is 4. The molecule has 0 bridgehead atoms. The average Bonchev–Trinajstić information content (AvgIpc) is 2.26. The molecule has 0 aliphatic heterocycles. The molecule has 1 aromatic carbocycles. The average molecular weight is 223 g/mol. The first-order valence-corrected chi connectivity index (χ1v) is 5.44. The molecule has 16 heavy (non-hydrogen) atoms. The molecule has 0 heterocycles. The van der Waals surface area contributed by atoms with Crippen LogP contribution in [0.5, 0.6) is 5.75 Å². The van der Waals surface area contributed by atoms with E-state index in [1.54, 1.807) is 7.11 Å². The fourth-order valence-corrected chi connectivity index (χ4v) is 1.90. The highest BCUT2D eigenvalue weighted by atomic mass is 16.5. The van der Waals surface area contributed by atoms with Crippen LogP contribution in [0.15, 0.2) is 6.07 Å². The summed E-state index contributed by atoms with van der Waals surface area (Å²) in [7, 11) is 3.58. The van der Waals surface area contributed by atoms with E-state index in [1.807, 2.05) is 11.9 Å². The van der Waals surface area contributed by atoms with Crippen molar-refractivity contribution in [1.82, 2.24) is 4.90 Å². The highest BCUT2D eigenvalue weighted by molar-refractivity contribution is 5.49. The molecular weight excluding hydrogens is 202 g/mol. The summed E-state index contributed by atoms with van der Waals surface area (Å²) in [4.78, 5) is 1.85. The van der Waals surface area contributed by atoms with Crippen molar-refractivity contribution in [3.8, 4) is 5.75 Å². The highest BCUT2D eigenvalue weighted by Gasteiger charge is 2.13. The predicted molar refractivity (Wildman–Crippen MR) is 65.8 cm³/mol. The van der Waals surface area contributed by atoms with Gasteiger partial charge >= 0.3 is 0 Å². The molecule has 3 nitrogen and oxygen atoms in total. The molecule has 1 N–H and O–H groups in total. The van der Waals surface area contributed by atoms with Crippen molar-refractivity contribution in [2.75, 3.05) is 20.9 Å². The normalized spacial score (nSPS) is 10.9. The van der Waals surface area contributed by atoms with Gasteiger partial charge in [-0.1, -0.05) is 6.07 Å². The van der Waals surface area contributed by atoms with Crippen molar-refractivity contribution >= 4 is 0 Å². The SMILES string of the molecule is COc1c(C)c(C)cc(C)c1CN(C)CO. The highest BCUT2D eigenvalue weighted by Crippen LogP contribution is 2.30. The Labute approximate surface area is 97.7 Å². The predicted octanol–water partition coefficient (Wildman–Crippen LogP) is 2.00. The Morgan fingerprint density at radius 2 is 1.88 bits per heavy atom. The summed E-state index contributed by atoms with van der Waals surface area (Å²) in [6.45, 7) is 6.98. The molecule has 0 radical (unpaired) electrons. The van der Waals surface area contributed by atoms with E-state index in [2.05, 4.69) is 26.8 Å². The molecule has 90 valence electrons. The number of nitrogens with zero attached hydrogens (tertiary/aromatic N) is 1. The molecule has 0 saturated carbocycles. The third kappa shape index (κ3) is 2.54. The van der Waals surface area contributed by atoms with Crippen molar-refractivity contribution < 1.29 is 9.84 Å². The molecule has 1 rings (SSSR count). The van der Waals surface area contributed by atoms with Gasteiger partial charge in [0, 0.05) is 12.1 Å². The second-order valence-corrected chi connectivity index (χ2v) is 4.30. The quantitative estimate of drug-likeness (QED) is 0.792. The zero-order valence-electron chi connectivity index (χ0n) is 10.8. The first kappa shape index (κ1) is 13.0. The van der Waals surface area contributed by atoms with Crippen LogP contribution in [-0.2, 0) is 6.54 Å². The molecule has 0 amide bonds. The van der Waals surface area contributed by atoms with Gasteiger partial charge in [0.25, 0.3) is 0 Å². The second-order valence-electron chi connectivity index (χ2n) is 4.30. The van der Waals surface area contributed by atoms with Gasteiger partial charge in [0.1, 0.15) is 5.75 Å². The minimum absolute atomic E-state index is 0.0511. The summed E-state index contributed by atoms with van der Waals surface area (Å²) in [5, 5.41) is 9.06. The van der Waals surface area contributed by atoms with E-state index in [1.165, 1.54) is 16.7 Å². The van der Waals surface area contributed by atoms with Crippen LogP contribution in [0, 0.1) is 20.8 Å². The van der Waals surface area contributed by atoms with Crippen molar-refractivity contribution in [1.29, 1.82) is 0 Å². The van der Waals surface area contributed by atoms with Crippen LogP contribution in [0.1, 0.15) is 22.3 Å². The monoisotopic (exact) mass is 223 g/mol. The van der Waals surface area contributed by atoms with Gasteiger partial charge in [-0.15, -0.1) is 0 Å². The zero-order valence-corrected chi connectivity index (χ0v) is 10.8. The second kappa shape index (κ2) is 5.32. The number of benzene rings is 1. The lowest BCUT2D eigenvalue weighted by Gasteiger charge is -2.20. The maximum atomic E-state index is 9.06. The molecule has 0 aliphatic carbocycles. The third-order valence-electron chi connectivity index (χ3n) is 2.99. The Bertz CT molecular complexity index is 375. The summed E-state index contributed by atoms with van der Waals surface area (Å²) in [5.74, 6) is 0.942. The first-order valence-electron chi connectivity index (χ1n) is 5.44. The van der Waals surface area contributed by atoms with Gasteiger partial charge in [-0.05, 0) is 44.5 Å². The first-order chi connectivity index (χ1) is 7.51. The van der Waals surface area contributed by atoms with Crippen LogP contribution in [0.4, 0.5) is 0 Å². The van der Waals surface area contributed by atoms with E-state index in [0.29, 0.717) is 6.54 Å². The molecule has 0 aromatic heterocycles. The lowest BCUT2D eigenvalue weighted by atomic mass is 9.99. The minimum Gasteiger partial charge on any atom is -0.496 e. The summed E-state index contributed by atoms with van der Waals surface area (Å²) >= 11 is 0. The third-order valence-corrected chi connectivity index (χ3v) is 2.99. The molecule has 0 spiro atoms. The summed E-state index contributed by atoms with van der Waals surface area (Å²) < 4.78 is 5.47. The summed E-state index contributed by atoms with van der Waals surface area (Å²) in [6, 6.07) is 2.17. The number of aryl methyl sites for hydroxylation is 2. The van der Waals surface area contributed by atoms with Gasteiger partial charge in [-0.3, -0.25) is 4.90 Å². The Kier molecular flexibility index (Phi) is 4.33. The van der Waals surface area contributed by atoms with Crippen LogP contribution < -0.4 is 4.74 Å². The molecule has 0 fully saturated rings. The van der Waals surface area contributed by atoms with E-state index in [0.717, 1.165) is 11.3 Å². The standard InChI is InChI=1S/C13H21NO2/c1-9-6-10(2)12(7-14(4)8-15)13(16-5)11(9)3/h6,15H,7-8H2,1-5H3. The molecule has 0 saturated heterocycles. The number of methoxy groups -OCH3 is 1. The van der Waals surface area contributed by atoms with Crippen molar-refractivity contribution in [3.05, 3.63) is 28.3 Å². The van der Waals surface area contributed by atoms with Gasteiger partial charge in [0.15, 0.2) is 0 Å². The number of hydrogen-bond donors (Lipinski definition) is 1. The van der Waals surface area contributed by atoms with Crippen LogP contribution in [0.25, 0.3) is 0 Å². The van der Waals surface area contributed by atoms with Crippen molar-refractivity contribution in [3.63, 3.8) is 0 Å². The van der Waals surface area contributed by atoms with Gasteiger partial charge in [-0.25, -0.2) is 0 Å². The molecule has 0 unspecified atom stereocenters. The maximum absolute atomic E-state index is 9.06. The van der Waals surface area contributed by atoms with E-state index in [-0.39, 0.29) is 6.73 Å². The topological polar surface area (TPSA) is 32.7 Å². The Balaban J connectivity index is 3.20. The molecular formula is C13H21NO2. The van der Waals surface area contributed by atoms with Crippen LogP contribution in [0.3, 0.4) is 0 Å². The molecule has 1 aromatic rings. The number of aliphatic hydroxyl groups is 1. The van der Waals surface area contributed by atoms with Crippen molar-refractivity contribution in [2.24, 2.45) is 0 Å². The molecule has 0 atom stereocenters. The van der Waals surface area contributed by atoms with E-state index in [4.69, 9.17) is 9.84 Å². The van der Waals surface area contributed by atoms with Gasteiger partial charge in [0.05, 0.1) is 13.8 Å². The number of aliphatic hydroxyl groups excluding tert-OH is 1. The lowest BCUT2D eigenvalue weighted by molar-refractivity contribution is 0.126. The van der Waals surface area contributed by atoms with E-state index in [9.17, 15) is 0 Å². The fraction of sp³-hybridized carbons (Fsp3) is 0.538. The summed E-state index contributed by atoms with van der Waals surface area (Å²) in [5.41, 5.74) is 4.78. The number of ether oxygens (including phenoxy) is 1. The minimum atomic E-state index is 0.0511. The van der Waals surface area contributed by atoms with Crippen LogP contribution in [0.2, 0.25) is 0 Å². The fourth-order valence-electron chi connectivity index (χ4n) is 1.90. The van der Waals surface area contributed by atoms with Gasteiger partial charge in [-0.2, -0.15) is 0 Å². The largest absolute Gasteiger partial charge is 0.496 e. The smallest absolute Gasteiger partial charge is 0.126 e. The van der Waals surface area contributed by atoms with Crippen LogP contribution >= 0.6 is 0 Å². The molecule has 0 aliphatic rings. The zero-order chi connectivity index (χ0) is 12.3. The van der Waals surface area contributed by atoms with Crippen LogP contribution in [-0.4, -0.2) is 30.9 Å². The van der Waals surface area contributed by atoms with Gasteiger partial charge < -0.3 is 9.84 Å². The number of hydrogen-bond acceptors (Lipinski definition) is 3. The Morgan fingerprint density at radius 1 is 1.25 bits per heavy atom. The maximum Gasteiger partial charge on any atom is 0.126 e. The lowest BCUT2D eigenvalue weighted by Crippen LogP contribution is -2.20. The van der Waals surface area contributed by atoms with Crippen molar-refractivity contribution in [2.45, 2.75) is 27.3 Å².